The quantitative estimate of drug-likeness (QED) is 0.779. The lowest BCUT2D eigenvalue weighted by Gasteiger charge is -2.26. The lowest BCUT2D eigenvalue weighted by molar-refractivity contribution is 0.432. The topological polar surface area (TPSA) is 72.6 Å². The minimum Gasteiger partial charge on any atom is -0.349 e. The molecule has 0 amide bonds. The highest BCUT2D eigenvalue weighted by Gasteiger charge is 2.16. The monoisotopic (exact) mass is 303 g/mol. The zero-order valence-corrected chi connectivity index (χ0v) is 14.1. The summed E-state index contributed by atoms with van der Waals surface area (Å²) < 4.78 is 0. The summed E-state index contributed by atoms with van der Waals surface area (Å²) in [4.78, 5) is 12.4. The van der Waals surface area contributed by atoms with Crippen LogP contribution in [0.4, 0.5) is 5.82 Å². The average Bonchev–Trinajstić information content (AvgIpc) is 2.82. The SMILES string of the molecule is Cc1nccc(N(Cc2nnn(C)n2)CC(C)CC(C)C)n1. The standard InChI is InChI=1S/C15H25N7/c1-11(2)8-12(3)9-22(10-14-18-20-21(5)19-14)15-6-7-16-13(4)17-15/h6-7,11-12H,8-10H2,1-5H3. The molecule has 0 aliphatic heterocycles. The molecule has 0 N–H and O–H groups in total. The fourth-order valence-corrected chi connectivity index (χ4v) is 2.67. The lowest BCUT2D eigenvalue weighted by Crippen LogP contribution is -2.30. The molecule has 1 unspecified atom stereocenters. The van der Waals surface area contributed by atoms with Crippen molar-refractivity contribution in [2.45, 2.75) is 40.7 Å². The second-order valence-electron chi connectivity index (χ2n) is 6.27. The van der Waals surface area contributed by atoms with Crippen molar-refractivity contribution in [1.82, 2.24) is 30.2 Å². The molecular formula is C15H25N7. The maximum atomic E-state index is 4.54. The zero-order valence-electron chi connectivity index (χ0n) is 14.1. The normalized spacial score (nSPS) is 12.6. The van der Waals surface area contributed by atoms with E-state index in [0.29, 0.717) is 24.2 Å². The Labute approximate surface area is 131 Å². The Kier molecular flexibility index (Phi) is 5.41. The Morgan fingerprint density at radius 1 is 1.27 bits per heavy atom. The number of tetrazole rings is 1. The van der Waals surface area contributed by atoms with Crippen LogP contribution in [0.15, 0.2) is 12.3 Å². The third-order valence-corrected chi connectivity index (χ3v) is 3.37. The highest BCUT2D eigenvalue weighted by Crippen LogP contribution is 2.18. The second kappa shape index (κ2) is 7.29. The van der Waals surface area contributed by atoms with Gasteiger partial charge in [0.1, 0.15) is 11.6 Å². The van der Waals surface area contributed by atoms with Gasteiger partial charge in [-0.1, -0.05) is 20.8 Å². The van der Waals surface area contributed by atoms with E-state index in [1.165, 1.54) is 11.2 Å². The van der Waals surface area contributed by atoms with Crippen molar-refractivity contribution >= 4 is 5.82 Å². The molecule has 2 heterocycles. The van der Waals surface area contributed by atoms with E-state index in [0.717, 1.165) is 18.2 Å². The van der Waals surface area contributed by atoms with Gasteiger partial charge in [-0.3, -0.25) is 0 Å². The van der Waals surface area contributed by atoms with Gasteiger partial charge in [-0.05, 0) is 36.5 Å². The van der Waals surface area contributed by atoms with Gasteiger partial charge in [0.15, 0.2) is 5.82 Å². The number of nitrogens with zero attached hydrogens (tertiary/aromatic N) is 7. The van der Waals surface area contributed by atoms with Crippen LogP contribution in [0.2, 0.25) is 0 Å². The van der Waals surface area contributed by atoms with Crippen LogP contribution >= 0.6 is 0 Å². The number of anilines is 1. The highest BCUT2D eigenvalue weighted by molar-refractivity contribution is 5.37. The van der Waals surface area contributed by atoms with Crippen LogP contribution in [0.25, 0.3) is 0 Å². The van der Waals surface area contributed by atoms with Crippen LogP contribution in [0.1, 0.15) is 38.8 Å². The van der Waals surface area contributed by atoms with Crippen LogP contribution < -0.4 is 4.90 Å². The molecule has 0 bridgehead atoms. The Morgan fingerprint density at radius 3 is 2.64 bits per heavy atom. The van der Waals surface area contributed by atoms with Crippen molar-refractivity contribution in [2.24, 2.45) is 18.9 Å². The van der Waals surface area contributed by atoms with E-state index in [1.54, 1.807) is 13.2 Å². The maximum absolute atomic E-state index is 4.54. The second-order valence-corrected chi connectivity index (χ2v) is 6.27. The molecule has 0 saturated carbocycles. The summed E-state index contributed by atoms with van der Waals surface area (Å²) in [5.74, 6) is 3.63. The molecule has 2 aromatic heterocycles. The van der Waals surface area contributed by atoms with Crippen molar-refractivity contribution in [2.75, 3.05) is 11.4 Å². The van der Waals surface area contributed by atoms with E-state index in [1.807, 2.05) is 13.0 Å². The van der Waals surface area contributed by atoms with Crippen molar-refractivity contribution in [3.05, 3.63) is 23.9 Å². The Balaban J connectivity index is 2.16. The minimum atomic E-state index is 0.562. The predicted molar refractivity (Wildman–Crippen MR) is 85.2 cm³/mol. The zero-order chi connectivity index (χ0) is 16.1. The van der Waals surface area contributed by atoms with Crippen molar-refractivity contribution in [3.63, 3.8) is 0 Å². The summed E-state index contributed by atoms with van der Waals surface area (Å²) >= 11 is 0. The van der Waals surface area contributed by atoms with Gasteiger partial charge in [-0.25, -0.2) is 9.97 Å². The van der Waals surface area contributed by atoms with E-state index in [4.69, 9.17) is 0 Å². The van der Waals surface area contributed by atoms with E-state index >= 15 is 0 Å². The minimum absolute atomic E-state index is 0.562. The summed E-state index contributed by atoms with van der Waals surface area (Å²) in [7, 11) is 1.77. The first-order valence-electron chi connectivity index (χ1n) is 7.71. The number of rotatable bonds is 7. The third-order valence-electron chi connectivity index (χ3n) is 3.37. The summed E-state index contributed by atoms with van der Waals surface area (Å²) in [6.07, 6.45) is 2.97. The van der Waals surface area contributed by atoms with Crippen LogP contribution in [-0.2, 0) is 13.6 Å². The van der Waals surface area contributed by atoms with Gasteiger partial charge in [0.05, 0.1) is 13.6 Å². The molecule has 0 spiro atoms. The van der Waals surface area contributed by atoms with E-state index in [9.17, 15) is 0 Å². The molecule has 2 aromatic rings. The first-order valence-corrected chi connectivity index (χ1v) is 7.71. The van der Waals surface area contributed by atoms with Crippen LogP contribution in [-0.4, -0.2) is 36.7 Å². The smallest absolute Gasteiger partial charge is 0.194 e. The number of aryl methyl sites for hydroxylation is 2. The van der Waals surface area contributed by atoms with Gasteiger partial charge >= 0.3 is 0 Å². The van der Waals surface area contributed by atoms with Gasteiger partial charge in [0, 0.05) is 12.7 Å². The first kappa shape index (κ1) is 16.3. The third kappa shape index (κ3) is 4.75. The summed E-state index contributed by atoms with van der Waals surface area (Å²) in [6.45, 7) is 10.2. The molecule has 1 atom stereocenters. The molecule has 2 rings (SSSR count). The van der Waals surface area contributed by atoms with Crippen molar-refractivity contribution in [3.8, 4) is 0 Å². The molecule has 120 valence electrons. The van der Waals surface area contributed by atoms with Gasteiger partial charge < -0.3 is 4.90 Å². The van der Waals surface area contributed by atoms with E-state index < -0.39 is 0 Å². The average molecular weight is 303 g/mol. The predicted octanol–water partition coefficient (Wildman–Crippen LogP) is 2.00. The van der Waals surface area contributed by atoms with Crippen LogP contribution in [0.5, 0.6) is 0 Å². The largest absolute Gasteiger partial charge is 0.349 e. The Hall–Kier alpha value is -2.05. The fraction of sp³-hybridized carbons (Fsp3) is 0.667. The molecule has 0 saturated heterocycles. The van der Waals surface area contributed by atoms with Crippen LogP contribution in [0, 0.1) is 18.8 Å². The molecule has 0 aliphatic rings. The number of hydrogen-bond donors (Lipinski definition) is 0. The molecule has 0 aliphatic carbocycles. The fourth-order valence-electron chi connectivity index (χ4n) is 2.67. The number of aromatic nitrogens is 6. The summed E-state index contributed by atoms with van der Waals surface area (Å²) in [5.41, 5.74) is 0. The molecule has 0 radical (unpaired) electrons. The van der Waals surface area contributed by atoms with Gasteiger partial charge in [0.2, 0.25) is 0 Å². The molecule has 22 heavy (non-hydrogen) atoms. The lowest BCUT2D eigenvalue weighted by atomic mass is 9.98. The molecular weight excluding hydrogens is 278 g/mol. The maximum Gasteiger partial charge on any atom is 0.194 e. The van der Waals surface area contributed by atoms with Gasteiger partial charge in [-0.2, -0.15) is 4.80 Å². The van der Waals surface area contributed by atoms with Crippen molar-refractivity contribution < 1.29 is 0 Å². The Bertz CT molecular complexity index is 593. The van der Waals surface area contributed by atoms with E-state index in [-0.39, 0.29) is 0 Å². The molecule has 7 heteroatoms. The summed E-state index contributed by atoms with van der Waals surface area (Å²) in [6, 6.07) is 1.94. The van der Waals surface area contributed by atoms with E-state index in [2.05, 4.69) is 51.0 Å². The molecule has 0 fully saturated rings. The summed E-state index contributed by atoms with van der Waals surface area (Å²) in [5, 5.41) is 12.3. The van der Waals surface area contributed by atoms with Crippen molar-refractivity contribution in [1.29, 1.82) is 0 Å². The number of hydrogen-bond acceptors (Lipinski definition) is 6. The van der Waals surface area contributed by atoms with Gasteiger partial charge in [-0.15, -0.1) is 10.2 Å². The highest BCUT2D eigenvalue weighted by atomic mass is 15.6. The molecule has 0 aromatic carbocycles. The van der Waals surface area contributed by atoms with Gasteiger partial charge in [0.25, 0.3) is 0 Å². The van der Waals surface area contributed by atoms with Crippen LogP contribution in [0.3, 0.4) is 0 Å². The first-order chi connectivity index (χ1) is 10.4. The molecule has 7 nitrogen and oxygen atoms in total. The Morgan fingerprint density at radius 2 is 2.05 bits per heavy atom.